The van der Waals surface area contributed by atoms with E-state index in [-0.39, 0.29) is 24.1 Å². The fraction of sp³-hybridized carbons (Fsp3) is 0.562. The van der Waals surface area contributed by atoms with Crippen LogP contribution in [0.15, 0.2) is 24.3 Å². The maximum Gasteiger partial charge on any atom is 0.237 e. The zero-order valence-corrected chi connectivity index (χ0v) is 14.0. The van der Waals surface area contributed by atoms with E-state index in [2.05, 4.69) is 17.1 Å². The average Bonchev–Trinajstić information content (AvgIpc) is 2.47. The molecule has 124 valence electrons. The third kappa shape index (κ3) is 5.23. The zero-order chi connectivity index (χ0) is 15.2. The molecule has 1 N–H and O–H groups in total. The van der Waals surface area contributed by atoms with Gasteiger partial charge in [0.25, 0.3) is 0 Å². The Balaban J connectivity index is 0.00000242. The van der Waals surface area contributed by atoms with Gasteiger partial charge >= 0.3 is 0 Å². The number of hydrogen-bond acceptors (Lipinski definition) is 3. The standard InChI is InChI=1S/C16H24FN3O.ClH/c1-3-19(11-14-5-4-6-15(17)9-14)16(21)12-20-8-7-18-10-13(20)2;/h4-6,9,13,18H,3,7-8,10-12H2,1-2H3;1H/t13-;/m1./s1. The van der Waals surface area contributed by atoms with Crippen LogP contribution in [-0.4, -0.2) is 54.5 Å². The lowest BCUT2D eigenvalue weighted by atomic mass is 10.2. The first kappa shape index (κ1) is 18.9. The third-order valence-electron chi connectivity index (χ3n) is 3.97. The Morgan fingerprint density at radius 3 is 2.91 bits per heavy atom. The minimum absolute atomic E-state index is 0. The predicted molar refractivity (Wildman–Crippen MR) is 88.6 cm³/mol. The van der Waals surface area contributed by atoms with E-state index in [0.29, 0.717) is 25.7 Å². The van der Waals surface area contributed by atoms with Gasteiger partial charge in [-0.3, -0.25) is 9.69 Å². The maximum atomic E-state index is 13.2. The van der Waals surface area contributed by atoms with Crippen molar-refractivity contribution in [3.8, 4) is 0 Å². The quantitative estimate of drug-likeness (QED) is 0.896. The van der Waals surface area contributed by atoms with Gasteiger partial charge in [-0.25, -0.2) is 4.39 Å². The van der Waals surface area contributed by atoms with Crippen molar-refractivity contribution in [2.24, 2.45) is 0 Å². The second-order valence-corrected chi connectivity index (χ2v) is 5.56. The fourth-order valence-electron chi connectivity index (χ4n) is 2.62. The fourth-order valence-corrected chi connectivity index (χ4v) is 2.62. The summed E-state index contributed by atoms with van der Waals surface area (Å²) in [4.78, 5) is 16.4. The van der Waals surface area contributed by atoms with Gasteiger partial charge < -0.3 is 10.2 Å². The molecule has 1 aliphatic rings. The summed E-state index contributed by atoms with van der Waals surface area (Å²) in [5, 5.41) is 3.32. The SMILES string of the molecule is CCN(Cc1cccc(F)c1)C(=O)CN1CCNC[C@H]1C.Cl. The van der Waals surface area contributed by atoms with Crippen LogP contribution in [0.1, 0.15) is 19.4 Å². The lowest BCUT2D eigenvalue weighted by molar-refractivity contribution is -0.133. The van der Waals surface area contributed by atoms with Crippen LogP contribution in [0.5, 0.6) is 0 Å². The molecule has 4 nitrogen and oxygen atoms in total. The van der Waals surface area contributed by atoms with Crippen LogP contribution in [-0.2, 0) is 11.3 Å². The van der Waals surface area contributed by atoms with E-state index in [4.69, 9.17) is 0 Å². The maximum absolute atomic E-state index is 13.2. The van der Waals surface area contributed by atoms with E-state index in [1.54, 1.807) is 11.0 Å². The van der Waals surface area contributed by atoms with Gasteiger partial charge in [-0.15, -0.1) is 12.4 Å². The Bertz CT molecular complexity index is 486. The Kier molecular flexibility index (Phi) is 7.79. The van der Waals surface area contributed by atoms with Crippen LogP contribution in [0, 0.1) is 5.82 Å². The molecule has 1 saturated heterocycles. The molecule has 0 aromatic heterocycles. The molecule has 1 aromatic carbocycles. The average molecular weight is 330 g/mol. The summed E-state index contributed by atoms with van der Waals surface area (Å²) in [5.41, 5.74) is 0.832. The van der Waals surface area contributed by atoms with Gasteiger partial charge in [0.2, 0.25) is 5.91 Å². The summed E-state index contributed by atoms with van der Waals surface area (Å²) in [6.07, 6.45) is 0. The molecule has 1 fully saturated rings. The second kappa shape index (κ2) is 9.08. The molecule has 2 rings (SSSR count). The van der Waals surface area contributed by atoms with Gasteiger partial charge in [-0.1, -0.05) is 12.1 Å². The van der Waals surface area contributed by atoms with Crippen LogP contribution in [0.3, 0.4) is 0 Å². The van der Waals surface area contributed by atoms with Crippen molar-refractivity contribution in [1.82, 2.24) is 15.1 Å². The monoisotopic (exact) mass is 329 g/mol. The summed E-state index contributed by atoms with van der Waals surface area (Å²) >= 11 is 0. The molecule has 1 amide bonds. The first-order valence-corrected chi connectivity index (χ1v) is 7.57. The minimum atomic E-state index is -0.258. The number of carbonyl (C=O) groups is 1. The van der Waals surface area contributed by atoms with Crippen LogP contribution in [0.2, 0.25) is 0 Å². The molecule has 1 aromatic rings. The Morgan fingerprint density at radius 1 is 1.50 bits per heavy atom. The number of halogens is 2. The normalized spacial score (nSPS) is 18.6. The number of piperazine rings is 1. The third-order valence-corrected chi connectivity index (χ3v) is 3.97. The molecular formula is C16H25ClFN3O. The van der Waals surface area contributed by atoms with E-state index < -0.39 is 0 Å². The Labute approximate surface area is 138 Å². The van der Waals surface area contributed by atoms with Gasteiger partial charge in [0.1, 0.15) is 5.82 Å². The summed E-state index contributed by atoms with van der Waals surface area (Å²) in [6.45, 7) is 8.36. The molecular weight excluding hydrogens is 305 g/mol. The van der Waals surface area contributed by atoms with Crippen molar-refractivity contribution in [2.75, 3.05) is 32.7 Å². The molecule has 0 aliphatic carbocycles. The molecule has 0 saturated carbocycles. The lowest BCUT2D eigenvalue weighted by Gasteiger charge is -2.34. The highest BCUT2D eigenvalue weighted by Gasteiger charge is 2.22. The molecule has 0 spiro atoms. The second-order valence-electron chi connectivity index (χ2n) is 5.56. The van der Waals surface area contributed by atoms with Gasteiger partial charge in [-0.2, -0.15) is 0 Å². The molecule has 0 radical (unpaired) electrons. The first-order chi connectivity index (χ1) is 10.1. The highest BCUT2D eigenvalue weighted by atomic mass is 35.5. The summed E-state index contributed by atoms with van der Waals surface area (Å²) in [5.74, 6) is -0.151. The van der Waals surface area contributed by atoms with E-state index in [9.17, 15) is 9.18 Å². The zero-order valence-electron chi connectivity index (χ0n) is 13.2. The Morgan fingerprint density at radius 2 is 2.27 bits per heavy atom. The lowest BCUT2D eigenvalue weighted by Crippen LogP contribution is -2.53. The largest absolute Gasteiger partial charge is 0.338 e. The van der Waals surface area contributed by atoms with E-state index in [1.165, 1.54) is 12.1 Å². The molecule has 1 heterocycles. The molecule has 6 heteroatoms. The van der Waals surface area contributed by atoms with Gasteiger partial charge in [0.05, 0.1) is 6.54 Å². The number of carbonyl (C=O) groups excluding carboxylic acids is 1. The number of nitrogens with zero attached hydrogens (tertiary/aromatic N) is 2. The van der Waals surface area contributed by atoms with Gasteiger partial charge in [0, 0.05) is 38.8 Å². The summed E-state index contributed by atoms with van der Waals surface area (Å²) in [6, 6.07) is 6.82. The topological polar surface area (TPSA) is 35.6 Å². The number of amides is 1. The van der Waals surface area contributed by atoms with Crippen LogP contribution < -0.4 is 5.32 Å². The number of likely N-dealkylation sites (N-methyl/N-ethyl adjacent to an activating group) is 1. The van der Waals surface area contributed by atoms with Gasteiger partial charge in [-0.05, 0) is 31.5 Å². The van der Waals surface area contributed by atoms with Crippen LogP contribution >= 0.6 is 12.4 Å². The van der Waals surface area contributed by atoms with E-state index in [0.717, 1.165) is 25.2 Å². The van der Waals surface area contributed by atoms with Crippen molar-refractivity contribution < 1.29 is 9.18 Å². The summed E-state index contributed by atoms with van der Waals surface area (Å²) < 4.78 is 13.2. The summed E-state index contributed by atoms with van der Waals surface area (Å²) in [7, 11) is 0. The molecule has 1 aliphatic heterocycles. The highest BCUT2D eigenvalue weighted by molar-refractivity contribution is 5.85. The predicted octanol–water partition coefficient (Wildman–Crippen LogP) is 1.89. The van der Waals surface area contributed by atoms with E-state index >= 15 is 0 Å². The highest BCUT2D eigenvalue weighted by Crippen LogP contribution is 2.09. The molecule has 0 bridgehead atoms. The van der Waals surface area contributed by atoms with Gasteiger partial charge in [0.15, 0.2) is 0 Å². The van der Waals surface area contributed by atoms with Crippen molar-refractivity contribution >= 4 is 18.3 Å². The minimum Gasteiger partial charge on any atom is -0.338 e. The number of benzene rings is 1. The van der Waals surface area contributed by atoms with Crippen molar-refractivity contribution in [3.05, 3.63) is 35.6 Å². The smallest absolute Gasteiger partial charge is 0.237 e. The van der Waals surface area contributed by atoms with Crippen LogP contribution in [0.25, 0.3) is 0 Å². The molecule has 1 atom stereocenters. The van der Waals surface area contributed by atoms with Crippen molar-refractivity contribution in [2.45, 2.75) is 26.4 Å². The van der Waals surface area contributed by atoms with Crippen molar-refractivity contribution in [1.29, 1.82) is 0 Å². The Hall–Kier alpha value is -1.17. The molecule has 0 unspecified atom stereocenters. The van der Waals surface area contributed by atoms with Crippen molar-refractivity contribution in [3.63, 3.8) is 0 Å². The molecule has 22 heavy (non-hydrogen) atoms. The number of nitrogens with one attached hydrogen (secondary N) is 1. The number of rotatable bonds is 5. The first-order valence-electron chi connectivity index (χ1n) is 7.57. The number of hydrogen-bond donors (Lipinski definition) is 1. The van der Waals surface area contributed by atoms with Crippen LogP contribution in [0.4, 0.5) is 4.39 Å². The van der Waals surface area contributed by atoms with E-state index in [1.807, 2.05) is 13.0 Å².